The predicted molar refractivity (Wildman–Crippen MR) is 91.4 cm³/mol. The van der Waals surface area contributed by atoms with Crippen molar-refractivity contribution in [3.05, 3.63) is 52.0 Å². The van der Waals surface area contributed by atoms with Gasteiger partial charge in [0.1, 0.15) is 6.29 Å². The number of aryl methyl sites for hydroxylation is 1. The largest absolute Gasteiger partial charge is 0.493 e. The fraction of sp³-hybridized carbons (Fsp3) is 0.176. The molecule has 0 heterocycles. The minimum absolute atomic E-state index is 0.161. The number of nitrogens with one attached hydrogen (secondary N) is 1. The summed E-state index contributed by atoms with van der Waals surface area (Å²) in [7, 11) is 1.47. The van der Waals surface area contributed by atoms with E-state index in [9.17, 15) is 9.59 Å². The maximum atomic E-state index is 12.0. The number of rotatable bonds is 6. The van der Waals surface area contributed by atoms with Crippen LogP contribution in [0.25, 0.3) is 0 Å². The summed E-state index contributed by atoms with van der Waals surface area (Å²) in [5.41, 5.74) is 2.20. The van der Waals surface area contributed by atoms with Gasteiger partial charge in [-0.3, -0.25) is 9.59 Å². The van der Waals surface area contributed by atoms with Crippen LogP contribution in [-0.2, 0) is 4.79 Å². The lowest BCUT2D eigenvalue weighted by Gasteiger charge is -2.11. The second-order valence-corrected chi connectivity index (χ2v) is 5.68. The average molecular weight is 378 g/mol. The van der Waals surface area contributed by atoms with E-state index in [1.165, 1.54) is 7.11 Å². The molecule has 2 aromatic carbocycles. The molecule has 23 heavy (non-hydrogen) atoms. The van der Waals surface area contributed by atoms with Crippen molar-refractivity contribution in [1.82, 2.24) is 0 Å². The molecule has 0 aliphatic carbocycles. The molecule has 0 fully saturated rings. The molecule has 0 saturated heterocycles. The Morgan fingerprint density at radius 1 is 1.22 bits per heavy atom. The van der Waals surface area contributed by atoms with Crippen LogP contribution in [0.2, 0.25) is 0 Å². The van der Waals surface area contributed by atoms with Gasteiger partial charge in [-0.2, -0.15) is 0 Å². The summed E-state index contributed by atoms with van der Waals surface area (Å²) < 4.78 is 11.6. The molecule has 2 rings (SSSR count). The zero-order valence-electron chi connectivity index (χ0n) is 12.8. The van der Waals surface area contributed by atoms with Gasteiger partial charge >= 0.3 is 0 Å². The molecule has 0 saturated carbocycles. The number of anilines is 1. The Balaban J connectivity index is 1.98. The van der Waals surface area contributed by atoms with Crippen molar-refractivity contribution >= 4 is 33.8 Å². The van der Waals surface area contributed by atoms with Crippen LogP contribution in [0.15, 0.2) is 40.9 Å². The van der Waals surface area contributed by atoms with Crippen LogP contribution in [0.5, 0.6) is 11.5 Å². The SMILES string of the molecule is COc1cc(C=O)ccc1OCC(=O)Nc1ccc(Br)c(C)c1. The number of hydrogen-bond donors (Lipinski definition) is 1. The Morgan fingerprint density at radius 2 is 2.00 bits per heavy atom. The fourth-order valence-corrected chi connectivity index (χ4v) is 2.19. The van der Waals surface area contributed by atoms with Crippen molar-refractivity contribution in [3.63, 3.8) is 0 Å². The first-order valence-electron chi connectivity index (χ1n) is 6.85. The van der Waals surface area contributed by atoms with Crippen molar-refractivity contribution in [2.75, 3.05) is 19.0 Å². The summed E-state index contributed by atoms with van der Waals surface area (Å²) >= 11 is 3.41. The van der Waals surface area contributed by atoms with Gasteiger partial charge in [0, 0.05) is 15.7 Å². The molecular weight excluding hydrogens is 362 g/mol. The Kier molecular flexibility index (Phi) is 5.76. The number of carbonyl (C=O) groups excluding carboxylic acids is 2. The highest BCUT2D eigenvalue weighted by atomic mass is 79.9. The van der Waals surface area contributed by atoms with E-state index in [4.69, 9.17) is 9.47 Å². The quantitative estimate of drug-likeness (QED) is 0.781. The monoisotopic (exact) mass is 377 g/mol. The lowest BCUT2D eigenvalue weighted by molar-refractivity contribution is -0.118. The van der Waals surface area contributed by atoms with Crippen molar-refractivity contribution in [2.24, 2.45) is 0 Å². The second kappa shape index (κ2) is 7.78. The number of ether oxygens (including phenoxy) is 2. The number of aldehydes is 1. The highest BCUT2D eigenvalue weighted by molar-refractivity contribution is 9.10. The molecule has 6 heteroatoms. The standard InChI is InChI=1S/C17H16BrNO4/c1-11-7-13(4-5-14(11)18)19-17(21)10-23-15-6-3-12(9-20)8-16(15)22-2/h3-9H,10H2,1-2H3,(H,19,21). The summed E-state index contributed by atoms with van der Waals surface area (Å²) in [6, 6.07) is 10.3. The van der Waals surface area contributed by atoms with Crippen LogP contribution in [-0.4, -0.2) is 25.9 Å². The molecule has 120 valence electrons. The van der Waals surface area contributed by atoms with Gasteiger partial charge < -0.3 is 14.8 Å². The van der Waals surface area contributed by atoms with Gasteiger partial charge in [-0.15, -0.1) is 0 Å². The Hall–Kier alpha value is -2.34. The zero-order chi connectivity index (χ0) is 16.8. The lowest BCUT2D eigenvalue weighted by Crippen LogP contribution is -2.20. The van der Waals surface area contributed by atoms with Gasteiger partial charge in [-0.25, -0.2) is 0 Å². The maximum absolute atomic E-state index is 12.0. The molecule has 0 unspecified atom stereocenters. The Labute approximate surface area is 142 Å². The van der Waals surface area contributed by atoms with Gasteiger partial charge in [0.2, 0.25) is 0 Å². The molecule has 0 spiro atoms. The molecule has 0 aliphatic rings. The van der Waals surface area contributed by atoms with E-state index in [2.05, 4.69) is 21.2 Å². The molecule has 0 radical (unpaired) electrons. The summed E-state index contributed by atoms with van der Waals surface area (Å²) in [6.45, 7) is 1.78. The molecule has 0 atom stereocenters. The molecule has 0 aliphatic heterocycles. The van der Waals surface area contributed by atoms with Gasteiger partial charge in [0.15, 0.2) is 18.1 Å². The lowest BCUT2D eigenvalue weighted by atomic mass is 10.2. The average Bonchev–Trinajstić information content (AvgIpc) is 2.56. The summed E-state index contributed by atoms with van der Waals surface area (Å²) in [5, 5.41) is 2.76. The van der Waals surface area contributed by atoms with Crippen LogP contribution in [0.3, 0.4) is 0 Å². The maximum Gasteiger partial charge on any atom is 0.262 e. The van der Waals surface area contributed by atoms with E-state index in [0.717, 1.165) is 16.3 Å². The minimum Gasteiger partial charge on any atom is -0.493 e. The predicted octanol–water partition coefficient (Wildman–Crippen LogP) is 3.60. The summed E-state index contributed by atoms with van der Waals surface area (Å²) in [5.74, 6) is 0.523. The van der Waals surface area contributed by atoms with E-state index in [1.807, 2.05) is 19.1 Å². The third kappa shape index (κ3) is 4.56. The first-order chi connectivity index (χ1) is 11.0. The number of carbonyl (C=O) groups is 2. The van der Waals surface area contributed by atoms with E-state index in [1.54, 1.807) is 24.3 Å². The van der Waals surface area contributed by atoms with E-state index < -0.39 is 0 Å². The van der Waals surface area contributed by atoms with Crippen LogP contribution in [0.4, 0.5) is 5.69 Å². The molecule has 5 nitrogen and oxygen atoms in total. The van der Waals surface area contributed by atoms with Gasteiger partial charge in [0.05, 0.1) is 7.11 Å². The van der Waals surface area contributed by atoms with E-state index >= 15 is 0 Å². The number of amides is 1. The minimum atomic E-state index is -0.284. The van der Waals surface area contributed by atoms with Crippen LogP contribution in [0.1, 0.15) is 15.9 Å². The van der Waals surface area contributed by atoms with Crippen molar-refractivity contribution < 1.29 is 19.1 Å². The number of hydrogen-bond acceptors (Lipinski definition) is 4. The Bertz CT molecular complexity index is 731. The number of benzene rings is 2. The van der Waals surface area contributed by atoms with E-state index in [0.29, 0.717) is 22.7 Å². The molecule has 0 bridgehead atoms. The number of methoxy groups -OCH3 is 1. The van der Waals surface area contributed by atoms with Crippen molar-refractivity contribution in [2.45, 2.75) is 6.92 Å². The fourth-order valence-electron chi connectivity index (χ4n) is 1.94. The second-order valence-electron chi connectivity index (χ2n) is 4.83. The highest BCUT2D eigenvalue weighted by Crippen LogP contribution is 2.27. The highest BCUT2D eigenvalue weighted by Gasteiger charge is 2.09. The summed E-state index contributed by atoms with van der Waals surface area (Å²) in [4.78, 5) is 22.7. The molecule has 2 aromatic rings. The summed E-state index contributed by atoms with van der Waals surface area (Å²) in [6.07, 6.45) is 0.717. The van der Waals surface area contributed by atoms with Crippen molar-refractivity contribution in [3.8, 4) is 11.5 Å². The first-order valence-corrected chi connectivity index (χ1v) is 7.65. The smallest absolute Gasteiger partial charge is 0.262 e. The van der Waals surface area contributed by atoms with Crippen LogP contribution >= 0.6 is 15.9 Å². The van der Waals surface area contributed by atoms with E-state index in [-0.39, 0.29) is 12.5 Å². The Morgan fingerprint density at radius 3 is 2.65 bits per heavy atom. The van der Waals surface area contributed by atoms with Crippen LogP contribution < -0.4 is 14.8 Å². The third-order valence-corrected chi connectivity index (χ3v) is 4.01. The van der Waals surface area contributed by atoms with Gasteiger partial charge in [0.25, 0.3) is 5.91 Å². The van der Waals surface area contributed by atoms with Gasteiger partial charge in [-0.1, -0.05) is 15.9 Å². The molecular formula is C17H16BrNO4. The third-order valence-electron chi connectivity index (χ3n) is 3.12. The first kappa shape index (κ1) is 17.0. The molecule has 1 N–H and O–H groups in total. The van der Waals surface area contributed by atoms with Crippen molar-refractivity contribution in [1.29, 1.82) is 0 Å². The van der Waals surface area contributed by atoms with Gasteiger partial charge in [-0.05, 0) is 48.9 Å². The van der Waals surface area contributed by atoms with Crippen LogP contribution in [0, 0.1) is 6.92 Å². The topological polar surface area (TPSA) is 64.6 Å². The number of halogens is 1. The molecule has 1 amide bonds. The molecule has 0 aromatic heterocycles. The normalized spacial score (nSPS) is 10.0. The zero-order valence-corrected chi connectivity index (χ0v) is 14.3.